The molecule has 0 saturated carbocycles. The first-order valence-electron chi connectivity index (χ1n) is 7.67. The van der Waals surface area contributed by atoms with E-state index in [1.54, 1.807) is 31.3 Å². The maximum atomic E-state index is 12.6. The van der Waals surface area contributed by atoms with E-state index >= 15 is 0 Å². The SMILES string of the molecule is CC1=C(O)C(=O)C(c2c(Cl)ccc(C)c2C)OC1c1ccccn1. The monoisotopic (exact) mass is 343 g/mol. The molecule has 5 heteroatoms. The zero-order valence-electron chi connectivity index (χ0n) is 13.7. The lowest BCUT2D eigenvalue weighted by Gasteiger charge is -2.31. The van der Waals surface area contributed by atoms with Crippen molar-refractivity contribution in [2.75, 3.05) is 0 Å². The van der Waals surface area contributed by atoms with E-state index in [0.29, 0.717) is 21.9 Å². The molecule has 1 aromatic heterocycles. The van der Waals surface area contributed by atoms with Gasteiger partial charge in [-0.2, -0.15) is 0 Å². The molecule has 3 rings (SSSR count). The van der Waals surface area contributed by atoms with Gasteiger partial charge in [0.1, 0.15) is 6.10 Å². The molecule has 2 atom stereocenters. The van der Waals surface area contributed by atoms with Gasteiger partial charge >= 0.3 is 0 Å². The van der Waals surface area contributed by atoms with E-state index in [0.717, 1.165) is 11.1 Å². The number of hydrogen-bond donors (Lipinski definition) is 1. The largest absolute Gasteiger partial charge is 0.504 e. The summed E-state index contributed by atoms with van der Waals surface area (Å²) < 4.78 is 6.06. The van der Waals surface area contributed by atoms with Gasteiger partial charge in [-0.1, -0.05) is 23.7 Å². The van der Waals surface area contributed by atoms with E-state index in [9.17, 15) is 9.90 Å². The van der Waals surface area contributed by atoms with Crippen molar-refractivity contribution in [1.29, 1.82) is 0 Å². The van der Waals surface area contributed by atoms with Crippen LogP contribution >= 0.6 is 11.6 Å². The summed E-state index contributed by atoms with van der Waals surface area (Å²) >= 11 is 6.33. The van der Waals surface area contributed by atoms with Gasteiger partial charge in [0.2, 0.25) is 5.78 Å². The second kappa shape index (κ2) is 6.38. The van der Waals surface area contributed by atoms with Crippen molar-refractivity contribution >= 4 is 17.4 Å². The van der Waals surface area contributed by atoms with Gasteiger partial charge in [0.25, 0.3) is 0 Å². The van der Waals surface area contributed by atoms with E-state index in [-0.39, 0.29) is 5.76 Å². The number of carbonyl (C=O) groups is 1. The van der Waals surface area contributed by atoms with E-state index < -0.39 is 18.0 Å². The van der Waals surface area contributed by atoms with Crippen LogP contribution in [-0.2, 0) is 9.53 Å². The van der Waals surface area contributed by atoms with E-state index in [2.05, 4.69) is 4.98 Å². The zero-order valence-corrected chi connectivity index (χ0v) is 14.5. The number of pyridine rings is 1. The molecule has 2 heterocycles. The third-order valence-electron chi connectivity index (χ3n) is 4.46. The van der Waals surface area contributed by atoms with Crippen molar-refractivity contribution in [2.24, 2.45) is 0 Å². The van der Waals surface area contributed by atoms with Crippen LogP contribution in [0.15, 0.2) is 47.9 Å². The molecule has 0 fully saturated rings. The van der Waals surface area contributed by atoms with E-state index in [4.69, 9.17) is 16.3 Å². The Morgan fingerprint density at radius 3 is 2.54 bits per heavy atom. The highest BCUT2D eigenvalue weighted by Crippen LogP contribution is 2.42. The molecular formula is C19H18ClNO3. The molecule has 0 saturated heterocycles. The van der Waals surface area contributed by atoms with Crippen LogP contribution in [0.4, 0.5) is 0 Å². The highest BCUT2D eigenvalue weighted by molar-refractivity contribution is 6.32. The summed E-state index contributed by atoms with van der Waals surface area (Å²) in [6.07, 6.45) is 0.109. The highest BCUT2D eigenvalue weighted by atomic mass is 35.5. The zero-order chi connectivity index (χ0) is 17.4. The average molecular weight is 344 g/mol. The number of halogens is 1. The molecule has 4 nitrogen and oxygen atoms in total. The van der Waals surface area contributed by atoms with Crippen molar-refractivity contribution in [2.45, 2.75) is 33.0 Å². The Hall–Kier alpha value is -2.17. The second-order valence-electron chi connectivity index (χ2n) is 5.95. The van der Waals surface area contributed by atoms with Crippen molar-refractivity contribution in [3.8, 4) is 0 Å². The summed E-state index contributed by atoms with van der Waals surface area (Å²) in [5.41, 5.74) is 3.58. The fraction of sp³-hybridized carbons (Fsp3) is 0.263. The van der Waals surface area contributed by atoms with Gasteiger partial charge in [0, 0.05) is 22.4 Å². The Morgan fingerprint density at radius 1 is 1.12 bits per heavy atom. The summed E-state index contributed by atoms with van der Waals surface area (Å²) in [6, 6.07) is 9.08. The van der Waals surface area contributed by atoms with Crippen LogP contribution in [0.25, 0.3) is 0 Å². The van der Waals surface area contributed by atoms with Gasteiger partial charge in [-0.15, -0.1) is 0 Å². The molecular weight excluding hydrogens is 326 g/mol. The number of aryl methyl sites for hydroxylation is 1. The van der Waals surface area contributed by atoms with Crippen LogP contribution in [-0.4, -0.2) is 15.9 Å². The molecule has 24 heavy (non-hydrogen) atoms. The standard InChI is InChI=1S/C19H18ClNO3/c1-10-7-8-13(20)15(11(10)2)19-17(23)16(22)12(3)18(24-19)14-6-4-5-9-21-14/h4-9,18-19,22H,1-3H3. The number of carbonyl (C=O) groups excluding carboxylic acids is 1. The first-order valence-corrected chi connectivity index (χ1v) is 8.05. The van der Waals surface area contributed by atoms with Gasteiger partial charge in [-0.05, 0) is 50.1 Å². The Balaban J connectivity index is 2.12. The van der Waals surface area contributed by atoms with Crippen molar-refractivity contribution in [3.63, 3.8) is 0 Å². The molecule has 0 amide bonds. The topological polar surface area (TPSA) is 59.4 Å². The minimum atomic E-state index is -0.951. The predicted molar refractivity (Wildman–Crippen MR) is 92.1 cm³/mol. The first kappa shape index (κ1) is 16.7. The molecule has 0 aliphatic carbocycles. The summed E-state index contributed by atoms with van der Waals surface area (Å²) in [7, 11) is 0. The van der Waals surface area contributed by atoms with Crippen molar-refractivity contribution in [1.82, 2.24) is 4.98 Å². The number of aliphatic hydroxyl groups excluding tert-OH is 1. The number of aromatic nitrogens is 1. The number of ketones is 1. The number of aliphatic hydroxyl groups is 1. The minimum absolute atomic E-state index is 0.279. The molecule has 1 N–H and O–H groups in total. The number of hydrogen-bond acceptors (Lipinski definition) is 4. The fourth-order valence-electron chi connectivity index (χ4n) is 2.89. The van der Waals surface area contributed by atoms with E-state index in [1.807, 2.05) is 26.0 Å². The quantitative estimate of drug-likeness (QED) is 0.868. The number of rotatable bonds is 2. The Kier molecular flexibility index (Phi) is 4.43. The minimum Gasteiger partial charge on any atom is -0.504 e. The summed E-state index contributed by atoms with van der Waals surface area (Å²) in [5, 5.41) is 10.8. The van der Waals surface area contributed by atoms with Crippen LogP contribution in [0, 0.1) is 13.8 Å². The molecule has 0 bridgehead atoms. The fourth-order valence-corrected chi connectivity index (χ4v) is 3.19. The molecule has 2 unspecified atom stereocenters. The molecule has 1 aliphatic rings. The summed E-state index contributed by atoms with van der Waals surface area (Å²) in [4.78, 5) is 16.9. The summed E-state index contributed by atoms with van der Waals surface area (Å²) in [6.45, 7) is 5.51. The maximum absolute atomic E-state index is 12.6. The molecule has 0 radical (unpaired) electrons. The normalized spacial score (nSPS) is 21.2. The highest BCUT2D eigenvalue weighted by Gasteiger charge is 2.39. The van der Waals surface area contributed by atoms with Crippen LogP contribution in [0.2, 0.25) is 5.02 Å². The Bertz CT molecular complexity index is 830. The number of Topliss-reactive ketones (excluding diaryl/α,β-unsaturated/α-hetero) is 1. The Labute approximate surface area is 145 Å². The molecule has 0 spiro atoms. The van der Waals surface area contributed by atoms with Crippen LogP contribution < -0.4 is 0 Å². The van der Waals surface area contributed by atoms with E-state index in [1.165, 1.54) is 0 Å². The molecule has 2 aromatic rings. The number of ether oxygens (including phenoxy) is 1. The third kappa shape index (κ3) is 2.72. The predicted octanol–water partition coefficient (Wildman–Crippen LogP) is 4.57. The van der Waals surface area contributed by atoms with Gasteiger partial charge in [0.05, 0.1) is 5.69 Å². The smallest absolute Gasteiger partial charge is 0.230 e. The lowest BCUT2D eigenvalue weighted by atomic mass is 9.91. The Morgan fingerprint density at radius 2 is 1.88 bits per heavy atom. The van der Waals surface area contributed by atoms with Gasteiger partial charge in [0.15, 0.2) is 11.9 Å². The lowest BCUT2D eigenvalue weighted by molar-refractivity contribution is -0.136. The van der Waals surface area contributed by atoms with Gasteiger partial charge < -0.3 is 9.84 Å². The second-order valence-corrected chi connectivity index (χ2v) is 6.36. The number of benzene rings is 1. The molecule has 1 aliphatic heterocycles. The molecule has 124 valence electrons. The average Bonchev–Trinajstić information content (AvgIpc) is 2.59. The third-order valence-corrected chi connectivity index (χ3v) is 4.79. The van der Waals surface area contributed by atoms with Crippen LogP contribution in [0.3, 0.4) is 0 Å². The molecule has 1 aromatic carbocycles. The van der Waals surface area contributed by atoms with Crippen LogP contribution in [0.5, 0.6) is 0 Å². The van der Waals surface area contributed by atoms with Gasteiger partial charge in [-0.3, -0.25) is 9.78 Å². The maximum Gasteiger partial charge on any atom is 0.230 e. The van der Waals surface area contributed by atoms with Crippen LogP contribution in [0.1, 0.15) is 41.5 Å². The van der Waals surface area contributed by atoms with Crippen molar-refractivity contribution < 1.29 is 14.6 Å². The lowest BCUT2D eigenvalue weighted by Crippen LogP contribution is -2.29. The summed E-state index contributed by atoms with van der Waals surface area (Å²) in [5.74, 6) is -0.755. The van der Waals surface area contributed by atoms with Gasteiger partial charge in [-0.25, -0.2) is 0 Å². The number of nitrogens with zero attached hydrogens (tertiary/aromatic N) is 1. The first-order chi connectivity index (χ1) is 11.4. The van der Waals surface area contributed by atoms with Crippen molar-refractivity contribution in [3.05, 3.63) is 75.3 Å².